The average molecular weight is 406 g/mol. The molecule has 3 rings (SSSR count). The number of esters is 1. The number of hydrogen-bond donors (Lipinski definition) is 2. The van der Waals surface area contributed by atoms with Crippen molar-refractivity contribution in [2.24, 2.45) is 0 Å². The highest BCUT2D eigenvalue weighted by molar-refractivity contribution is 6.08. The Morgan fingerprint density at radius 3 is 2.33 bits per heavy atom. The first kappa shape index (κ1) is 20.7. The van der Waals surface area contributed by atoms with Crippen molar-refractivity contribution >= 4 is 29.2 Å². The predicted molar refractivity (Wildman–Crippen MR) is 111 cm³/mol. The molecule has 0 fully saturated rings. The molecule has 152 valence electrons. The van der Waals surface area contributed by atoms with Gasteiger partial charge in [0.05, 0.1) is 16.9 Å². The van der Waals surface area contributed by atoms with Crippen LogP contribution in [0.5, 0.6) is 0 Å². The van der Waals surface area contributed by atoms with Gasteiger partial charge in [-0.05, 0) is 48.9 Å². The van der Waals surface area contributed by atoms with Gasteiger partial charge in [0.25, 0.3) is 11.8 Å². The van der Waals surface area contributed by atoms with E-state index in [9.17, 15) is 18.8 Å². The minimum Gasteiger partial charge on any atom is -0.452 e. The van der Waals surface area contributed by atoms with Crippen LogP contribution in [0.25, 0.3) is 0 Å². The second-order valence-electron chi connectivity index (χ2n) is 6.47. The molecular formula is C23H19FN2O4. The topological polar surface area (TPSA) is 84.5 Å². The Labute approximate surface area is 172 Å². The first-order chi connectivity index (χ1) is 14.4. The van der Waals surface area contributed by atoms with E-state index in [1.807, 2.05) is 0 Å². The largest absolute Gasteiger partial charge is 0.452 e. The molecule has 0 heterocycles. The molecular weight excluding hydrogens is 387 g/mol. The Bertz CT molecular complexity index is 1080. The summed E-state index contributed by atoms with van der Waals surface area (Å²) in [6.07, 6.45) is 0. The van der Waals surface area contributed by atoms with E-state index >= 15 is 0 Å². The third kappa shape index (κ3) is 5.29. The van der Waals surface area contributed by atoms with E-state index in [1.54, 1.807) is 61.5 Å². The fraction of sp³-hybridized carbons (Fsp3) is 0.0870. The van der Waals surface area contributed by atoms with Gasteiger partial charge in [0.1, 0.15) is 5.82 Å². The highest BCUT2D eigenvalue weighted by Gasteiger charge is 2.17. The molecule has 0 unspecified atom stereocenters. The number of nitrogens with one attached hydrogen (secondary N) is 2. The van der Waals surface area contributed by atoms with Crippen molar-refractivity contribution in [3.05, 3.63) is 95.3 Å². The number of hydrogen-bond acceptors (Lipinski definition) is 4. The van der Waals surface area contributed by atoms with Gasteiger partial charge >= 0.3 is 5.97 Å². The zero-order valence-corrected chi connectivity index (χ0v) is 16.1. The number of amides is 2. The molecule has 0 saturated heterocycles. The Kier molecular flexibility index (Phi) is 6.54. The molecule has 2 N–H and O–H groups in total. The summed E-state index contributed by atoms with van der Waals surface area (Å²) in [5.41, 5.74) is 1.55. The van der Waals surface area contributed by atoms with Gasteiger partial charge in [-0.15, -0.1) is 0 Å². The van der Waals surface area contributed by atoms with E-state index in [0.29, 0.717) is 5.56 Å². The van der Waals surface area contributed by atoms with Crippen LogP contribution in [0.2, 0.25) is 0 Å². The van der Waals surface area contributed by atoms with Crippen LogP contribution in [0, 0.1) is 12.7 Å². The Morgan fingerprint density at radius 2 is 1.57 bits per heavy atom. The summed E-state index contributed by atoms with van der Waals surface area (Å²) in [6.45, 7) is 1.16. The number of carbonyl (C=O) groups excluding carboxylic acids is 3. The van der Waals surface area contributed by atoms with Crippen molar-refractivity contribution in [2.75, 3.05) is 17.2 Å². The molecule has 0 spiro atoms. The highest BCUT2D eigenvalue weighted by Crippen LogP contribution is 2.18. The number of benzene rings is 3. The predicted octanol–water partition coefficient (Wildman–Crippen LogP) is 4.18. The van der Waals surface area contributed by atoms with E-state index in [2.05, 4.69) is 10.6 Å². The van der Waals surface area contributed by atoms with Crippen molar-refractivity contribution in [1.82, 2.24) is 0 Å². The monoisotopic (exact) mass is 406 g/mol. The lowest BCUT2D eigenvalue weighted by Gasteiger charge is -2.11. The third-order valence-corrected chi connectivity index (χ3v) is 4.16. The van der Waals surface area contributed by atoms with Crippen molar-refractivity contribution in [3.8, 4) is 0 Å². The Morgan fingerprint density at radius 1 is 0.867 bits per heavy atom. The highest BCUT2D eigenvalue weighted by atomic mass is 19.1. The van der Waals surface area contributed by atoms with E-state index < -0.39 is 24.3 Å². The van der Waals surface area contributed by atoms with Crippen LogP contribution in [0.4, 0.5) is 15.8 Å². The van der Waals surface area contributed by atoms with Crippen LogP contribution in [-0.4, -0.2) is 24.4 Å². The minimum atomic E-state index is -0.793. The lowest BCUT2D eigenvalue weighted by atomic mass is 10.1. The fourth-order valence-electron chi connectivity index (χ4n) is 2.68. The molecule has 6 nitrogen and oxygen atoms in total. The van der Waals surface area contributed by atoms with Crippen LogP contribution >= 0.6 is 0 Å². The Hall–Kier alpha value is -4.00. The number of carbonyl (C=O) groups is 3. The van der Waals surface area contributed by atoms with Crippen molar-refractivity contribution in [2.45, 2.75) is 6.92 Å². The molecule has 0 atom stereocenters. The Balaban J connectivity index is 1.64. The normalized spacial score (nSPS) is 10.2. The molecule has 3 aromatic carbocycles. The summed E-state index contributed by atoms with van der Waals surface area (Å²) in [4.78, 5) is 36.8. The first-order valence-corrected chi connectivity index (χ1v) is 9.12. The molecule has 0 aliphatic rings. The minimum absolute atomic E-state index is 0.00609. The van der Waals surface area contributed by atoms with Crippen molar-refractivity contribution in [1.29, 1.82) is 0 Å². The van der Waals surface area contributed by atoms with Crippen LogP contribution in [-0.2, 0) is 9.53 Å². The molecule has 0 radical (unpaired) electrons. The number of aryl methyl sites for hydroxylation is 1. The maximum Gasteiger partial charge on any atom is 0.340 e. The van der Waals surface area contributed by atoms with Gasteiger partial charge in [-0.1, -0.05) is 36.4 Å². The molecule has 0 aliphatic heterocycles. The summed E-state index contributed by atoms with van der Waals surface area (Å²) in [5.74, 6) is -2.45. The summed E-state index contributed by atoms with van der Waals surface area (Å²) in [6, 6.07) is 19.1. The zero-order chi connectivity index (χ0) is 21.5. The number of rotatable bonds is 6. The number of ether oxygens (including phenoxy) is 1. The van der Waals surface area contributed by atoms with E-state index in [4.69, 9.17) is 4.74 Å². The van der Waals surface area contributed by atoms with Gasteiger partial charge in [-0.2, -0.15) is 0 Å². The van der Waals surface area contributed by atoms with Crippen LogP contribution in [0.3, 0.4) is 0 Å². The SMILES string of the molecule is Cc1ccc(F)c(NC(=O)COC(=O)c2ccccc2NC(=O)c2ccccc2)c1. The molecule has 0 aliphatic carbocycles. The molecule has 0 aromatic heterocycles. The summed E-state index contributed by atoms with van der Waals surface area (Å²) >= 11 is 0. The smallest absolute Gasteiger partial charge is 0.340 e. The maximum absolute atomic E-state index is 13.7. The molecule has 3 aromatic rings. The number of halogens is 1. The molecule has 30 heavy (non-hydrogen) atoms. The third-order valence-electron chi connectivity index (χ3n) is 4.16. The van der Waals surface area contributed by atoms with Gasteiger partial charge in [0.15, 0.2) is 6.61 Å². The van der Waals surface area contributed by atoms with Crippen molar-refractivity contribution in [3.63, 3.8) is 0 Å². The van der Waals surface area contributed by atoms with Crippen molar-refractivity contribution < 1.29 is 23.5 Å². The van der Waals surface area contributed by atoms with Gasteiger partial charge in [-0.3, -0.25) is 9.59 Å². The first-order valence-electron chi connectivity index (χ1n) is 9.12. The fourth-order valence-corrected chi connectivity index (χ4v) is 2.68. The molecule has 2 amide bonds. The van der Waals surface area contributed by atoms with Gasteiger partial charge in [0, 0.05) is 5.56 Å². The second-order valence-corrected chi connectivity index (χ2v) is 6.47. The van der Waals surface area contributed by atoms with Crippen LogP contribution in [0.1, 0.15) is 26.3 Å². The van der Waals surface area contributed by atoms with E-state index in [-0.39, 0.29) is 22.8 Å². The van der Waals surface area contributed by atoms with Gasteiger partial charge in [0.2, 0.25) is 0 Å². The van der Waals surface area contributed by atoms with Crippen LogP contribution in [0.15, 0.2) is 72.8 Å². The number of para-hydroxylation sites is 1. The lowest BCUT2D eigenvalue weighted by molar-refractivity contribution is -0.119. The molecule has 0 bridgehead atoms. The average Bonchev–Trinajstić information content (AvgIpc) is 2.75. The van der Waals surface area contributed by atoms with Gasteiger partial charge in [-0.25, -0.2) is 9.18 Å². The maximum atomic E-state index is 13.7. The standard InChI is InChI=1S/C23H19FN2O4/c1-15-11-12-18(24)20(13-15)25-21(27)14-30-23(29)17-9-5-6-10-19(17)26-22(28)16-7-3-2-4-8-16/h2-13H,14H2,1H3,(H,25,27)(H,26,28). The van der Waals surface area contributed by atoms with E-state index in [0.717, 1.165) is 5.56 Å². The van der Waals surface area contributed by atoms with Gasteiger partial charge < -0.3 is 15.4 Å². The zero-order valence-electron chi connectivity index (χ0n) is 16.1. The quantitative estimate of drug-likeness (QED) is 0.602. The molecule has 0 saturated carbocycles. The second kappa shape index (κ2) is 9.47. The summed E-state index contributed by atoms with van der Waals surface area (Å²) in [7, 11) is 0. The van der Waals surface area contributed by atoms with E-state index in [1.165, 1.54) is 18.2 Å². The summed E-state index contributed by atoms with van der Waals surface area (Å²) < 4.78 is 18.8. The lowest BCUT2D eigenvalue weighted by Crippen LogP contribution is -2.22. The van der Waals surface area contributed by atoms with Crippen LogP contribution < -0.4 is 10.6 Å². The summed E-state index contributed by atoms with van der Waals surface area (Å²) in [5, 5.41) is 5.02. The molecule has 7 heteroatoms. The number of anilines is 2.